The number of halogens is 40. The van der Waals surface area contributed by atoms with Crippen molar-refractivity contribution in [3.63, 3.8) is 0 Å². The van der Waals surface area contributed by atoms with Gasteiger partial charge in [0.25, 0.3) is 0 Å². The Bertz CT molecular complexity index is 3970. The molecule has 0 aromatic heterocycles. The minimum Gasteiger partial charge on any atom is -0.538 e. The molecule has 0 bridgehead atoms. The summed E-state index contributed by atoms with van der Waals surface area (Å²) in [5.74, 6) is -120. The van der Waals surface area contributed by atoms with Crippen LogP contribution in [-0.4, -0.2) is 57.3 Å². The Balaban J connectivity index is 0.000000283. The summed E-state index contributed by atoms with van der Waals surface area (Å²) in [7, 11) is 0. The van der Waals surface area contributed by atoms with Crippen molar-refractivity contribution in [1.82, 2.24) is 0 Å². The van der Waals surface area contributed by atoms with Crippen molar-refractivity contribution >= 4 is 101 Å². The van der Waals surface area contributed by atoms with Gasteiger partial charge in [0.15, 0.2) is 233 Å². The number of benzene rings is 8. The van der Waals surface area contributed by atoms with Gasteiger partial charge in [-0.3, -0.25) is 0 Å². The molecule has 4 nitrogen and oxygen atoms in total. The highest BCUT2D eigenvalue weighted by Gasteiger charge is 2.51. The monoisotopic (exact) mass is 1540 g/mol. The largest absolute Gasteiger partial charge is 0.643 e. The van der Waals surface area contributed by atoms with Crippen molar-refractivity contribution in [2.75, 3.05) is 0 Å². The van der Waals surface area contributed by atoms with Crippen LogP contribution in [0.4, 0.5) is 176 Å². The van der Waals surface area contributed by atoms with Gasteiger partial charge in [-0.25, -0.2) is 176 Å². The van der Waals surface area contributed by atoms with E-state index in [0.29, 0.717) is 6.92 Å². The second kappa shape index (κ2) is 30.2. The number of rotatable bonds is 17. The highest BCUT2D eigenvalue weighted by Crippen LogP contribution is 2.29. The first kappa shape index (κ1) is 80.4. The van der Waals surface area contributed by atoms with Gasteiger partial charge < -0.3 is 14.8 Å². The van der Waals surface area contributed by atoms with Gasteiger partial charge in [0, 0.05) is 43.7 Å². The van der Waals surface area contributed by atoms with E-state index in [1.165, 1.54) is 0 Å². The molecule has 8 aromatic carbocycles. The molecule has 0 aliphatic carbocycles. The smallest absolute Gasteiger partial charge is 0.538 e. The number of hydrogen-bond donors (Lipinski definition) is 0. The Morgan fingerprint density at radius 2 is 0.257 bits per heavy atom. The van der Waals surface area contributed by atoms with Crippen molar-refractivity contribution in [2.45, 2.75) is 18.0 Å². The summed E-state index contributed by atoms with van der Waals surface area (Å²) in [4.78, 5) is 0. The second-order valence-corrected chi connectivity index (χ2v) is 23.2. The normalized spacial score (nSPS) is 11.5. The highest BCUT2D eigenvalue weighted by molar-refractivity contribution is 6.89. The third-order valence-corrected chi connectivity index (χ3v) is 16.7. The minimum atomic E-state index is -5.04. The van der Waals surface area contributed by atoms with E-state index in [0.717, 1.165) is 0 Å². The Morgan fingerprint density at radius 3 is 0.356 bits per heavy atom. The average molecular weight is 1540 g/mol. The molecule has 50 heteroatoms. The molecule has 0 spiro atoms. The molecule has 0 aliphatic heterocycles. The lowest BCUT2D eigenvalue weighted by Crippen LogP contribution is -2.59. The Morgan fingerprint density at radius 1 is 0.168 bits per heavy atom. The molecule has 0 heterocycles. The molecule has 0 fully saturated rings. The lowest BCUT2D eigenvalue weighted by Gasteiger charge is -2.26. The predicted octanol–water partition coefficient (Wildman–Crippen LogP) is 11.5. The van der Waals surface area contributed by atoms with Gasteiger partial charge in [-0.05, 0) is 5.28 Å². The van der Waals surface area contributed by atoms with Crippen LogP contribution < -0.4 is 43.7 Å². The number of hydrogen-bond acceptors (Lipinski definition) is 4. The zero-order valence-corrected chi connectivity index (χ0v) is 49.2. The molecule has 0 N–H and O–H groups in total. The van der Waals surface area contributed by atoms with Crippen LogP contribution in [0, 0.1) is 233 Å². The van der Waals surface area contributed by atoms with E-state index >= 15 is 0 Å². The summed E-state index contributed by atoms with van der Waals surface area (Å²) in [5, 5.41) is -1.16. The Labute approximate surface area is 540 Å². The molecule has 0 atom stereocenters. The van der Waals surface area contributed by atoms with Gasteiger partial charge in [-0.15, -0.1) is 0 Å². The first-order valence-electron chi connectivity index (χ1n) is 25.4. The molecule has 534 valence electrons. The summed E-state index contributed by atoms with van der Waals surface area (Å²) in [5.41, 5.74) is -20.6. The summed E-state index contributed by atoms with van der Waals surface area (Å²) in [6.45, 7) is -14.5. The third-order valence-electron chi connectivity index (χ3n) is 13.6. The maximum absolute atomic E-state index is 14.9. The Hall–Kier alpha value is -7.88. The average Bonchev–Trinajstić information content (AvgIpc) is 0.761. The van der Waals surface area contributed by atoms with Crippen LogP contribution in [0.2, 0.25) is 11.1 Å². The molecule has 0 radical (unpaired) electrons. The molecule has 101 heavy (non-hydrogen) atoms. The van der Waals surface area contributed by atoms with Gasteiger partial charge in [0.1, 0.15) is 0 Å². The van der Waals surface area contributed by atoms with Crippen molar-refractivity contribution < 1.29 is 190 Å². The van der Waals surface area contributed by atoms with Gasteiger partial charge in [-0.1, -0.05) is 12.7 Å². The van der Waals surface area contributed by atoms with Crippen molar-refractivity contribution in [1.29, 1.82) is 0 Å². The first-order valence-corrected chi connectivity index (χ1v) is 29.3. The van der Waals surface area contributed by atoms with Crippen LogP contribution in [0.25, 0.3) is 0 Å². The maximum atomic E-state index is 14.9. The minimum absolute atomic E-state index is 0.232. The molecule has 0 aliphatic rings. The quantitative estimate of drug-likeness (QED) is 0.0394. The van der Waals surface area contributed by atoms with Gasteiger partial charge in [0.05, 0.1) is 0 Å². The van der Waals surface area contributed by atoms with Crippen LogP contribution in [0.1, 0.15) is 6.92 Å². The summed E-state index contributed by atoms with van der Waals surface area (Å²) in [6.07, 6.45) is 0. The van der Waals surface area contributed by atoms with E-state index in [-0.39, 0.29) is 5.79 Å². The lowest BCUT2D eigenvalue weighted by atomic mass is 9.54. The van der Waals surface area contributed by atoms with E-state index in [2.05, 4.69) is 7.41 Å². The topological polar surface area (TPSA) is 36.9 Å². The molecule has 8 rings (SSSR count). The van der Waals surface area contributed by atoms with E-state index in [4.69, 9.17) is 7.41 Å². The third kappa shape index (κ3) is 13.7. The Kier molecular flexibility index (Phi) is 24.1. The molecule has 0 saturated carbocycles. The fourth-order valence-corrected chi connectivity index (χ4v) is 11.9. The summed E-state index contributed by atoms with van der Waals surface area (Å²) in [6, 6.07) is 0. The van der Waals surface area contributed by atoms with Crippen LogP contribution in [0.3, 0.4) is 0 Å². The van der Waals surface area contributed by atoms with Crippen LogP contribution in [0.5, 0.6) is 0 Å². The predicted molar refractivity (Wildman–Crippen MR) is 262 cm³/mol. The highest BCUT2D eigenvalue weighted by atomic mass is 27.2. The first-order chi connectivity index (χ1) is 46.7. The standard InChI is InChI=1S/4C12BF10O.C2H5.CH3.2Al/c4*14-3-1(4(15)8(19)11(22)7(3)18)13(24)2-5(16)9(20)12(23)10(21)6(2)17;1-2;;;/h;;;;1H2,2H3;1H3;;/q4*-1;;;2*+2. The molecule has 8 aromatic rings. The molecule has 0 amide bonds. The van der Waals surface area contributed by atoms with Gasteiger partial charge in [0.2, 0.25) is 0 Å². The van der Waals surface area contributed by atoms with Gasteiger partial charge >= 0.3 is 57.3 Å². The lowest BCUT2D eigenvalue weighted by molar-refractivity contribution is 0.374. The van der Waals surface area contributed by atoms with Crippen LogP contribution in [-0.2, 0) is 14.8 Å². The maximum Gasteiger partial charge on any atom is 0.643 e. The second-order valence-electron chi connectivity index (χ2n) is 19.3. The van der Waals surface area contributed by atoms with Crippen LogP contribution in [0.15, 0.2) is 0 Å². The zero-order chi connectivity index (χ0) is 76.7. The van der Waals surface area contributed by atoms with E-state index in [1.807, 2.05) is 0 Å². The molecular formula is C51H8Al2B4F40O4. The molecular weight excluding hydrogens is 1530 g/mol. The zero-order valence-electron chi connectivity index (χ0n) is 46.9. The van der Waals surface area contributed by atoms with Crippen molar-refractivity contribution in [3.8, 4) is 0 Å². The SMILES string of the molecule is C[CH2][Al]([O]B(c1c(F)c(F)c(F)c(F)c1F)c1c(F)c(F)c(F)c(F)c1F)[O]B(c1c(F)c(F)c(F)c(F)c1F)c1c(F)c(F)c(F)c(F)c1F.[CH3][Al]([O]B(c1c(F)c(F)c(F)c(F)c1F)c1c(F)c(F)c(F)c(F)c1F)[O]B(c1c(F)c(F)c(F)c(F)c1F)c1c(F)c(F)c(F)c(F)c1F. The van der Waals surface area contributed by atoms with Crippen LogP contribution >= 0.6 is 0 Å². The fraction of sp³-hybridized carbons (Fsp3) is 0.0588. The molecule has 0 saturated heterocycles. The summed E-state index contributed by atoms with van der Waals surface area (Å²) >= 11 is -10.1. The van der Waals surface area contributed by atoms with E-state index in [1.54, 1.807) is 0 Å². The van der Waals surface area contributed by atoms with Gasteiger partial charge in [-0.2, -0.15) is 0 Å². The van der Waals surface area contributed by atoms with Crippen molar-refractivity contribution in [3.05, 3.63) is 233 Å². The molecule has 0 unspecified atom stereocenters. The van der Waals surface area contributed by atoms with E-state index in [9.17, 15) is 176 Å². The summed E-state index contributed by atoms with van der Waals surface area (Å²) < 4.78 is 593. The van der Waals surface area contributed by atoms with E-state index < -0.39 is 339 Å². The van der Waals surface area contributed by atoms with Crippen molar-refractivity contribution in [2.24, 2.45) is 0 Å². The fourth-order valence-electron chi connectivity index (χ4n) is 8.88.